The van der Waals surface area contributed by atoms with Crippen molar-refractivity contribution in [2.24, 2.45) is 0 Å². The first-order valence-corrected chi connectivity index (χ1v) is 10.9. The highest BCUT2D eigenvalue weighted by Crippen LogP contribution is 2.35. The Labute approximate surface area is 187 Å². The Morgan fingerprint density at radius 2 is 1.38 bits per heavy atom. The molecule has 0 aromatic heterocycles. The largest absolute Gasteiger partial charge is 0.449 e. The van der Waals surface area contributed by atoms with Crippen LogP contribution in [0.1, 0.15) is 49.4 Å². The van der Waals surface area contributed by atoms with Gasteiger partial charge in [0.2, 0.25) is 0 Å². The van der Waals surface area contributed by atoms with Crippen molar-refractivity contribution in [2.45, 2.75) is 51.3 Å². The molecule has 0 spiro atoms. The molecule has 3 rings (SSSR count). The van der Waals surface area contributed by atoms with Gasteiger partial charge in [-0.25, -0.2) is 4.79 Å². The first-order chi connectivity index (χ1) is 15.4. The van der Waals surface area contributed by atoms with Gasteiger partial charge in [-0.2, -0.15) is 13.2 Å². The van der Waals surface area contributed by atoms with Crippen LogP contribution in [0.3, 0.4) is 0 Å². The topological polar surface area (TPSA) is 26.3 Å². The lowest BCUT2D eigenvalue weighted by molar-refractivity contribution is -0.206. The van der Waals surface area contributed by atoms with Gasteiger partial charge in [0.25, 0.3) is 0 Å². The maximum atomic E-state index is 13.5. The molecule has 0 N–H and O–H groups in total. The SMILES string of the molecule is CCCCCCC(OC(=O)c1ccccc1-c1ccccc1-c1ccccc1)C(F)(F)F. The van der Waals surface area contributed by atoms with Crippen molar-refractivity contribution in [3.63, 3.8) is 0 Å². The molecular formula is C27H27F3O2. The van der Waals surface area contributed by atoms with E-state index in [4.69, 9.17) is 4.74 Å². The number of halogens is 3. The maximum absolute atomic E-state index is 13.5. The van der Waals surface area contributed by atoms with Crippen LogP contribution in [-0.4, -0.2) is 18.2 Å². The van der Waals surface area contributed by atoms with E-state index in [0.717, 1.165) is 29.5 Å². The molecule has 0 bridgehead atoms. The third-order valence-corrected chi connectivity index (χ3v) is 5.38. The predicted molar refractivity (Wildman–Crippen MR) is 121 cm³/mol. The molecule has 3 aromatic rings. The van der Waals surface area contributed by atoms with Gasteiger partial charge in [0, 0.05) is 0 Å². The first kappa shape index (κ1) is 23.6. The van der Waals surface area contributed by atoms with Crippen molar-refractivity contribution in [1.29, 1.82) is 0 Å². The molecule has 3 aromatic carbocycles. The Morgan fingerprint density at radius 1 is 0.781 bits per heavy atom. The van der Waals surface area contributed by atoms with Gasteiger partial charge in [-0.3, -0.25) is 0 Å². The third kappa shape index (κ3) is 6.00. The Balaban J connectivity index is 1.91. The summed E-state index contributed by atoms with van der Waals surface area (Å²) >= 11 is 0. The fraction of sp³-hybridized carbons (Fsp3) is 0.296. The summed E-state index contributed by atoms with van der Waals surface area (Å²) in [7, 11) is 0. The summed E-state index contributed by atoms with van der Waals surface area (Å²) in [6.07, 6.45) is -4.10. The van der Waals surface area contributed by atoms with E-state index >= 15 is 0 Å². The van der Waals surface area contributed by atoms with Gasteiger partial charge in [-0.1, -0.05) is 99.0 Å². The molecule has 32 heavy (non-hydrogen) atoms. The number of ether oxygens (including phenoxy) is 1. The molecule has 1 atom stereocenters. The Morgan fingerprint density at radius 3 is 2.03 bits per heavy atom. The number of carbonyl (C=O) groups excluding carboxylic acids is 1. The smallest absolute Gasteiger partial charge is 0.425 e. The van der Waals surface area contributed by atoms with E-state index in [0.29, 0.717) is 18.4 Å². The second-order valence-electron chi connectivity index (χ2n) is 7.74. The van der Waals surface area contributed by atoms with Crippen molar-refractivity contribution >= 4 is 5.97 Å². The van der Waals surface area contributed by atoms with Gasteiger partial charge in [0.1, 0.15) is 0 Å². The average molecular weight is 441 g/mol. The van der Waals surface area contributed by atoms with Crippen molar-refractivity contribution in [1.82, 2.24) is 0 Å². The van der Waals surface area contributed by atoms with Crippen LogP contribution in [0.2, 0.25) is 0 Å². The Kier molecular flexibility index (Phi) is 8.09. The van der Waals surface area contributed by atoms with Gasteiger partial charge >= 0.3 is 12.1 Å². The fourth-order valence-corrected chi connectivity index (χ4v) is 3.72. The summed E-state index contributed by atoms with van der Waals surface area (Å²) in [5, 5.41) is 0. The fourth-order valence-electron chi connectivity index (χ4n) is 3.72. The van der Waals surface area contributed by atoms with Crippen molar-refractivity contribution in [2.75, 3.05) is 0 Å². The van der Waals surface area contributed by atoms with Crippen LogP contribution in [-0.2, 0) is 4.74 Å². The van der Waals surface area contributed by atoms with Crippen LogP contribution in [0.25, 0.3) is 22.3 Å². The molecule has 0 radical (unpaired) electrons. The Bertz CT molecular complexity index is 1010. The summed E-state index contributed by atoms with van der Waals surface area (Å²) in [5.74, 6) is -0.957. The van der Waals surface area contributed by atoms with E-state index in [-0.39, 0.29) is 12.0 Å². The molecule has 0 fully saturated rings. The second-order valence-corrected chi connectivity index (χ2v) is 7.74. The predicted octanol–water partition coefficient (Wildman–Crippen LogP) is 8.08. The zero-order chi connectivity index (χ0) is 23.0. The third-order valence-electron chi connectivity index (χ3n) is 5.38. The molecule has 5 heteroatoms. The quantitative estimate of drug-likeness (QED) is 0.248. The number of hydrogen-bond donors (Lipinski definition) is 0. The minimum Gasteiger partial charge on any atom is -0.449 e. The number of benzene rings is 3. The average Bonchev–Trinajstić information content (AvgIpc) is 2.81. The highest BCUT2D eigenvalue weighted by molar-refractivity contribution is 6.00. The summed E-state index contributed by atoms with van der Waals surface area (Å²) in [5.41, 5.74) is 3.27. The van der Waals surface area contributed by atoms with Crippen LogP contribution in [0.5, 0.6) is 0 Å². The number of unbranched alkanes of at least 4 members (excludes halogenated alkanes) is 3. The standard InChI is InChI=1S/C27H27F3O2/c1-2-3-4-8-19-25(27(28,29)30)32-26(31)24-18-12-11-17-23(24)22-16-10-9-15-21(22)20-13-6-5-7-14-20/h5-7,9-18,25H,2-4,8,19H2,1H3. The molecule has 0 saturated heterocycles. The molecule has 0 heterocycles. The van der Waals surface area contributed by atoms with Gasteiger partial charge in [0.15, 0.2) is 6.10 Å². The van der Waals surface area contributed by atoms with E-state index in [1.165, 1.54) is 6.07 Å². The summed E-state index contributed by atoms with van der Waals surface area (Å²) in [4.78, 5) is 12.9. The van der Waals surface area contributed by atoms with E-state index in [9.17, 15) is 18.0 Å². The van der Waals surface area contributed by atoms with Crippen molar-refractivity contribution in [3.05, 3.63) is 84.4 Å². The van der Waals surface area contributed by atoms with Crippen molar-refractivity contribution < 1.29 is 22.7 Å². The van der Waals surface area contributed by atoms with Crippen LogP contribution >= 0.6 is 0 Å². The zero-order valence-electron chi connectivity index (χ0n) is 18.1. The van der Waals surface area contributed by atoms with Crippen LogP contribution in [0, 0.1) is 0 Å². The second kappa shape index (κ2) is 11.0. The molecule has 2 nitrogen and oxygen atoms in total. The van der Waals surface area contributed by atoms with E-state index in [2.05, 4.69) is 0 Å². The van der Waals surface area contributed by atoms with Crippen LogP contribution in [0.15, 0.2) is 78.9 Å². The van der Waals surface area contributed by atoms with Gasteiger partial charge < -0.3 is 4.74 Å². The van der Waals surface area contributed by atoms with Gasteiger partial charge in [0.05, 0.1) is 5.56 Å². The number of carbonyl (C=O) groups is 1. The molecule has 168 valence electrons. The monoisotopic (exact) mass is 440 g/mol. The number of hydrogen-bond acceptors (Lipinski definition) is 2. The van der Waals surface area contributed by atoms with Crippen LogP contribution in [0.4, 0.5) is 13.2 Å². The minimum absolute atomic E-state index is 0.124. The number of esters is 1. The lowest BCUT2D eigenvalue weighted by Crippen LogP contribution is -2.34. The minimum atomic E-state index is -4.60. The lowest BCUT2D eigenvalue weighted by Gasteiger charge is -2.22. The molecular weight excluding hydrogens is 413 g/mol. The van der Waals surface area contributed by atoms with E-state index in [1.807, 2.05) is 61.5 Å². The molecule has 1 unspecified atom stereocenters. The van der Waals surface area contributed by atoms with E-state index < -0.39 is 18.2 Å². The van der Waals surface area contributed by atoms with Gasteiger partial charge in [-0.15, -0.1) is 0 Å². The zero-order valence-corrected chi connectivity index (χ0v) is 18.1. The van der Waals surface area contributed by atoms with Crippen LogP contribution < -0.4 is 0 Å². The highest BCUT2D eigenvalue weighted by atomic mass is 19.4. The summed E-state index contributed by atoms with van der Waals surface area (Å²) in [6, 6.07) is 23.8. The molecule has 0 aliphatic carbocycles. The number of alkyl halides is 3. The molecule has 0 amide bonds. The lowest BCUT2D eigenvalue weighted by atomic mass is 9.92. The van der Waals surface area contributed by atoms with E-state index in [1.54, 1.807) is 18.2 Å². The molecule has 0 saturated carbocycles. The van der Waals surface area contributed by atoms with Gasteiger partial charge in [-0.05, 0) is 41.2 Å². The summed E-state index contributed by atoms with van der Waals surface area (Å²) in [6.45, 7) is 1.99. The molecule has 0 aliphatic heterocycles. The maximum Gasteiger partial charge on any atom is 0.425 e. The van der Waals surface area contributed by atoms with Crippen molar-refractivity contribution in [3.8, 4) is 22.3 Å². The first-order valence-electron chi connectivity index (χ1n) is 10.9. The molecule has 0 aliphatic rings. The summed E-state index contributed by atoms with van der Waals surface area (Å²) < 4.78 is 45.6. The number of rotatable bonds is 9. The highest BCUT2D eigenvalue weighted by Gasteiger charge is 2.42. The Hall–Kier alpha value is -3.08. The normalized spacial score (nSPS) is 12.4.